The van der Waals surface area contributed by atoms with Crippen molar-refractivity contribution in [3.8, 4) is 0 Å². The van der Waals surface area contributed by atoms with Crippen molar-refractivity contribution >= 4 is 0 Å². The third-order valence-electron chi connectivity index (χ3n) is 13.0. The van der Waals surface area contributed by atoms with Gasteiger partial charge >= 0.3 is 6.18 Å². The van der Waals surface area contributed by atoms with Gasteiger partial charge in [0.1, 0.15) is 6.61 Å². The highest BCUT2D eigenvalue weighted by atomic mass is 19.4. The highest BCUT2D eigenvalue weighted by Gasteiger charge is 2.89. The Morgan fingerprint density at radius 1 is 0.690 bits per heavy atom. The summed E-state index contributed by atoms with van der Waals surface area (Å²) in [6.07, 6.45) is 4.16. The van der Waals surface area contributed by atoms with Crippen molar-refractivity contribution < 1.29 is 23.0 Å². The third kappa shape index (κ3) is 1.44. The van der Waals surface area contributed by atoms with Gasteiger partial charge in [0.05, 0.1) is 11.2 Å². The molecular formula is C24H29F3O2. The standard InChI is InChI=1S/C24H29F3O2/c25-24(26,27)9-29-21-3-14-11-5-22-7-20(28)1-12-10-6-23(8-21,18(14)16(12)22)19(15(11)4-21)17(22)13(10)2-20/h10-19,28H,1-9H2. The fraction of sp³-hybridized carbons (Fsp3) is 1.00. The Morgan fingerprint density at radius 2 is 1.17 bits per heavy atom. The minimum absolute atomic E-state index is 0.289. The van der Waals surface area contributed by atoms with Gasteiger partial charge in [-0.25, -0.2) is 0 Å². The molecule has 13 fully saturated rings. The molecule has 13 rings (SSSR count). The SMILES string of the molecule is OC12CC3C4CC56CC7(OCC(F)(F)F)CC8C9CC(C1)(C3C85)C(C4C2)C6C9C7. The van der Waals surface area contributed by atoms with E-state index in [2.05, 4.69) is 0 Å². The van der Waals surface area contributed by atoms with Crippen molar-refractivity contribution in [3.05, 3.63) is 0 Å². The van der Waals surface area contributed by atoms with E-state index in [-0.39, 0.29) is 11.0 Å². The molecule has 14 bridgehead atoms. The van der Waals surface area contributed by atoms with E-state index in [1.54, 1.807) is 0 Å². The van der Waals surface area contributed by atoms with Gasteiger partial charge in [-0.3, -0.25) is 0 Å². The molecule has 1 N–H and O–H groups in total. The molecular weight excluding hydrogens is 377 g/mol. The van der Waals surface area contributed by atoms with Crippen LogP contribution in [-0.4, -0.2) is 29.1 Å². The van der Waals surface area contributed by atoms with Gasteiger partial charge in [0.25, 0.3) is 0 Å². The Balaban J connectivity index is 1.22. The summed E-state index contributed by atoms with van der Waals surface area (Å²) in [7, 11) is 0. The molecule has 13 aliphatic rings. The molecule has 0 aliphatic heterocycles. The zero-order valence-electron chi connectivity index (χ0n) is 16.6. The summed E-state index contributed by atoms with van der Waals surface area (Å²) >= 11 is 0. The number of halogens is 3. The van der Waals surface area contributed by atoms with E-state index < -0.39 is 18.4 Å². The molecule has 0 aromatic carbocycles. The predicted octanol–water partition coefficient (Wildman–Crippen LogP) is 4.41. The first-order valence-electron chi connectivity index (χ1n) is 12.1. The average Bonchev–Trinajstić information content (AvgIpc) is 2.63. The molecule has 0 amide bonds. The molecule has 13 saturated carbocycles. The Morgan fingerprint density at radius 3 is 1.69 bits per heavy atom. The van der Waals surface area contributed by atoms with Crippen molar-refractivity contribution in [2.45, 2.75) is 68.7 Å². The maximum Gasteiger partial charge on any atom is 0.411 e. The van der Waals surface area contributed by atoms with Crippen LogP contribution in [0.1, 0.15) is 51.4 Å². The molecule has 2 nitrogen and oxygen atoms in total. The minimum Gasteiger partial charge on any atom is -0.390 e. The van der Waals surface area contributed by atoms with Crippen LogP contribution in [0, 0.1) is 70.0 Å². The van der Waals surface area contributed by atoms with Crippen LogP contribution in [0.3, 0.4) is 0 Å². The van der Waals surface area contributed by atoms with E-state index in [9.17, 15) is 18.3 Å². The summed E-state index contributed by atoms with van der Waals surface area (Å²) in [5, 5.41) is 11.4. The summed E-state index contributed by atoms with van der Waals surface area (Å²) < 4.78 is 45.1. The number of alkyl halides is 3. The summed E-state index contributed by atoms with van der Waals surface area (Å²) in [5.41, 5.74) is -0.181. The van der Waals surface area contributed by atoms with E-state index in [0.29, 0.717) is 35.0 Å². The lowest BCUT2D eigenvalue weighted by molar-refractivity contribution is -0.458. The second kappa shape index (κ2) is 4.07. The highest BCUT2D eigenvalue weighted by Crippen LogP contribution is 2.93. The molecule has 0 aromatic rings. The van der Waals surface area contributed by atoms with Gasteiger partial charge in [-0.2, -0.15) is 13.2 Å². The van der Waals surface area contributed by atoms with E-state index in [1.165, 1.54) is 12.8 Å². The molecule has 13 aliphatic carbocycles. The smallest absolute Gasteiger partial charge is 0.390 e. The first-order valence-corrected chi connectivity index (χ1v) is 12.1. The van der Waals surface area contributed by atoms with Crippen molar-refractivity contribution in [2.24, 2.45) is 70.0 Å². The van der Waals surface area contributed by atoms with Gasteiger partial charge in [-0.05, 0) is 121 Å². The molecule has 5 heteroatoms. The summed E-state index contributed by atoms with van der Waals surface area (Å²) in [6.45, 7) is -1.05. The summed E-state index contributed by atoms with van der Waals surface area (Å²) in [6, 6.07) is 0. The molecule has 0 saturated heterocycles. The maximum absolute atomic E-state index is 13.1. The molecule has 0 aromatic heterocycles. The Labute approximate surface area is 168 Å². The van der Waals surface area contributed by atoms with Crippen LogP contribution in [0.25, 0.3) is 0 Å². The number of rotatable bonds is 2. The van der Waals surface area contributed by atoms with E-state index in [1.807, 2.05) is 0 Å². The Hall–Kier alpha value is -0.290. The molecule has 2 spiro atoms. The number of ether oxygens (including phenoxy) is 1. The fourth-order valence-corrected chi connectivity index (χ4v) is 13.9. The van der Waals surface area contributed by atoms with Crippen LogP contribution in [-0.2, 0) is 4.74 Å². The van der Waals surface area contributed by atoms with Crippen molar-refractivity contribution in [1.82, 2.24) is 0 Å². The van der Waals surface area contributed by atoms with Gasteiger partial charge < -0.3 is 9.84 Å². The zero-order chi connectivity index (χ0) is 19.3. The lowest BCUT2D eigenvalue weighted by Gasteiger charge is -2.92. The Kier molecular flexibility index (Phi) is 2.29. The van der Waals surface area contributed by atoms with Crippen LogP contribution >= 0.6 is 0 Å². The first kappa shape index (κ1) is 16.4. The monoisotopic (exact) mass is 406 g/mol. The van der Waals surface area contributed by atoms with Gasteiger partial charge in [-0.15, -0.1) is 0 Å². The molecule has 8 unspecified atom stereocenters. The quantitative estimate of drug-likeness (QED) is 0.736. The third-order valence-corrected chi connectivity index (χ3v) is 13.0. The summed E-state index contributed by atoms with van der Waals surface area (Å²) in [4.78, 5) is 0. The lowest BCUT2D eigenvalue weighted by atomic mass is 9.13. The second-order valence-electron chi connectivity index (χ2n) is 13.4. The number of aliphatic hydroxyl groups is 1. The lowest BCUT2D eigenvalue weighted by Crippen LogP contribution is -2.88. The predicted molar refractivity (Wildman–Crippen MR) is 96.4 cm³/mol. The van der Waals surface area contributed by atoms with E-state index in [0.717, 1.165) is 68.1 Å². The van der Waals surface area contributed by atoms with Gasteiger partial charge in [0.2, 0.25) is 0 Å². The van der Waals surface area contributed by atoms with Gasteiger partial charge in [0, 0.05) is 0 Å². The van der Waals surface area contributed by atoms with Gasteiger partial charge in [0.15, 0.2) is 0 Å². The van der Waals surface area contributed by atoms with Crippen LogP contribution in [0.2, 0.25) is 0 Å². The highest BCUT2D eigenvalue weighted by molar-refractivity contribution is 5.37. The Bertz CT molecular complexity index is 825. The largest absolute Gasteiger partial charge is 0.411 e. The molecule has 0 heterocycles. The van der Waals surface area contributed by atoms with Crippen molar-refractivity contribution in [3.63, 3.8) is 0 Å². The molecule has 158 valence electrons. The van der Waals surface area contributed by atoms with Crippen LogP contribution in [0.5, 0.6) is 0 Å². The van der Waals surface area contributed by atoms with Crippen LogP contribution in [0.4, 0.5) is 13.2 Å². The molecule has 29 heavy (non-hydrogen) atoms. The second-order valence-corrected chi connectivity index (χ2v) is 13.4. The maximum atomic E-state index is 13.1. The zero-order valence-corrected chi connectivity index (χ0v) is 16.6. The van der Waals surface area contributed by atoms with E-state index >= 15 is 0 Å². The van der Waals surface area contributed by atoms with Crippen molar-refractivity contribution in [1.29, 1.82) is 0 Å². The molecule has 8 atom stereocenters. The topological polar surface area (TPSA) is 29.5 Å². The normalized spacial score (nSPS) is 73.2. The first-order chi connectivity index (χ1) is 13.7. The average molecular weight is 406 g/mol. The minimum atomic E-state index is -4.22. The van der Waals surface area contributed by atoms with Crippen LogP contribution < -0.4 is 0 Å². The van der Waals surface area contributed by atoms with Crippen molar-refractivity contribution in [2.75, 3.05) is 6.61 Å². The summed E-state index contributed by atoms with van der Waals surface area (Å²) in [5.74, 6) is 7.15. The van der Waals surface area contributed by atoms with Gasteiger partial charge in [-0.1, -0.05) is 0 Å². The number of hydrogen-bond acceptors (Lipinski definition) is 2. The molecule has 0 radical (unpaired) electrons. The number of hydrogen-bond donors (Lipinski definition) is 1. The fourth-order valence-electron chi connectivity index (χ4n) is 13.9. The van der Waals surface area contributed by atoms with Crippen LogP contribution in [0.15, 0.2) is 0 Å². The van der Waals surface area contributed by atoms with E-state index in [4.69, 9.17) is 4.74 Å².